The number of halogens is 2. The predicted molar refractivity (Wildman–Crippen MR) is 96.4 cm³/mol. The second-order valence-corrected chi connectivity index (χ2v) is 8.72. The second-order valence-electron chi connectivity index (χ2n) is 6.33. The summed E-state index contributed by atoms with van der Waals surface area (Å²) in [4.78, 5) is 0.0888. The first-order valence-corrected chi connectivity index (χ1v) is 10.0. The van der Waals surface area contributed by atoms with Crippen LogP contribution in [-0.2, 0) is 9.84 Å². The van der Waals surface area contributed by atoms with Crippen LogP contribution in [0, 0.1) is 5.82 Å². The number of benzene rings is 2. The van der Waals surface area contributed by atoms with Gasteiger partial charge in [0.25, 0.3) is 0 Å². The van der Waals surface area contributed by atoms with Crippen LogP contribution in [0.5, 0.6) is 0 Å². The minimum absolute atomic E-state index is 0.0888. The van der Waals surface area contributed by atoms with Gasteiger partial charge in [-0.1, -0.05) is 28.8 Å². The molecule has 27 heavy (non-hydrogen) atoms. The number of fused-ring (bicyclic) bond motifs is 3. The summed E-state index contributed by atoms with van der Waals surface area (Å²) in [5.74, 6) is -0.392. The van der Waals surface area contributed by atoms with Crippen LogP contribution in [0.2, 0.25) is 5.02 Å². The zero-order chi connectivity index (χ0) is 18.8. The van der Waals surface area contributed by atoms with Crippen molar-refractivity contribution >= 4 is 33.1 Å². The fourth-order valence-electron chi connectivity index (χ4n) is 3.56. The fraction of sp³-hybridized carbons (Fsp3) is 0.118. The summed E-state index contributed by atoms with van der Waals surface area (Å²) in [6.07, 6.45) is 0. The van der Waals surface area contributed by atoms with Gasteiger partial charge in [-0.25, -0.2) is 12.8 Å². The molecular weight excluding hydrogens is 393 g/mol. The summed E-state index contributed by atoms with van der Waals surface area (Å²) in [5, 5.41) is 15.3. The van der Waals surface area contributed by atoms with Gasteiger partial charge in [0.2, 0.25) is 5.95 Å². The molecule has 7 nitrogen and oxygen atoms in total. The Morgan fingerprint density at radius 1 is 1.19 bits per heavy atom. The van der Waals surface area contributed by atoms with Gasteiger partial charge in [-0.05, 0) is 51.9 Å². The van der Waals surface area contributed by atoms with Crippen LogP contribution in [0.1, 0.15) is 17.2 Å². The van der Waals surface area contributed by atoms with E-state index in [1.54, 1.807) is 24.3 Å². The average molecular weight is 404 g/mol. The van der Waals surface area contributed by atoms with Crippen LogP contribution in [-0.4, -0.2) is 34.4 Å². The molecule has 0 bridgehead atoms. The molecule has 0 radical (unpaired) electrons. The molecule has 1 N–H and O–H groups in total. The van der Waals surface area contributed by atoms with E-state index in [0.29, 0.717) is 22.2 Å². The average Bonchev–Trinajstić information content (AvgIpc) is 3.09. The lowest BCUT2D eigenvalue weighted by Gasteiger charge is -2.33. The number of hydrogen-bond donors (Lipinski definition) is 1. The molecule has 0 fully saturated rings. The van der Waals surface area contributed by atoms with Crippen molar-refractivity contribution in [3.05, 3.63) is 70.0 Å². The Hall–Kier alpha value is -2.78. The van der Waals surface area contributed by atoms with E-state index in [1.807, 2.05) is 0 Å². The molecule has 2 aliphatic heterocycles. The molecule has 1 atom stereocenters. The predicted octanol–water partition coefficient (Wildman–Crippen LogP) is 2.68. The van der Waals surface area contributed by atoms with Crippen molar-refractivity contribution < 1.29 is 12.8 Å². The van der Waals surface area contributed by atoms with E-state index < -0.39 is 21.7 Å². The van der Waals surface area contributed by atoms with Crippen LogP contribution < -0.4 is 5.32 Å². The second kappa shape index (κ2) is 5.61. The highest BCUT2D eigenvalue weighted by Crippen LogP contribution is 2.44. The van der Waals surface area contributed by atoms with Gasteiger partial charge < -0.3 is 5.32 Å². The Morgan fingerprint density at radius 3 is 2.74 bits per heavy atom. The normalized spacial score (nSPS) is 19.7. The summed E-state index contributed by atoms with van der Waals surface area (Å²) < 4.78 is 41.1. The number of hydrogen-bond acceptors (Lipinski definition) is 6. The van der Waals surface area contributed by atoms with Gasteiger partial charge in [0.15, 0.2) is 9.84 Å². The summed E-state index contributed by atoms with van der Waals surface area (Å²) >= 11 is 5.99. The highest BCUT2D eigenvalue weighted by atomic mass is 35.5. The van der Waals surface area contributed by atoms with Crippen molar-refractivity contribution in [3.63, 3.8) is 0 Å². The molecule has 0 spiro atoms. The van der Waals surface area contributed by atoms with E-state index in [1.165, 1.54) is 16.8 Å². The molecule has 5 rings (SSSR count). The first kappa shape index (κ1) is 16.4. The molecule has 136 valence electrons. The lowest BCUT2D eigenvalue weighted by Crippen LogP contribution is -2.32. The first-order valence-electron chi connectivity index (χ1n) is 8.00. The minimum Gasteiger partial charge on any atom is -0.322 e. The quantitative estimate of drug-likeness (QED) is 0.628. The molecule has 0 saturated heterocycles. The smallest absolute Gasteiger partial charge is 0.248 e. The molecule has 0 saturated carbocycles. The third-order valence-electron chi connectivity index (χ3n) is 4.70. The van der Waals surface area contributed by atoms with E-state index >= 15 is 0 Å². The van der Waals surface area contributed by atoms with Gasteiger partial charge >= 0.3 is 0 Å². The lowest BCUT2D eigenvalue weighted by molar-refractivity contribution is 0.553. The SMILES string of the molecule is O=S1(=O)CC2=C(Nc3nnnn3[C@H]2c2ccc(Cl)cc2)c2cc(F)ccc21. The van der Waals surface area contributed by atoms with Crippen LogP contribution in [0.4, 0.5) is 10.3 Å². The van der Waals surface area contributed by atoms with E-state index in [-0.39, 0.29) is 16.2 Å². The number of sulfone groups is 1. The lowest BCUT2D eigenvalue weighted by atomic mass is 9.93. The number of nitrogens with one attached hydrogen (secondary N) is 1. The van der Waals surface area contributed by atoms with Crippen LogP contribution in [0.15, 0.2) is 52.9 Å². The van der Waals surface area contributed by atoms with Crippen LogP contribution in [0.25, 0.3) is 5.70 Å². The monoisotopic (exact) mass is 403 g/mol. The Labute approximate surface area is 158 Å². The van der Waals surface area contributed by atoms with Crippen LogP contribution in [0.3, 0.4) is 0 Å². The van der Waals surface area contributed by atoms with Crippen molar-refractivity contribution in [1.82, 2.24) is 20.2 Å². The molecule has 10 heteroatoms. The van der Waals surface area contributed by atoms with Gasteiger partial charge in [0.05, 0.1) is 16.3 Å². The number of nitrogens with zero attached hydrogens (tertiary/aromatic N) is 4. The highest BCUT2D eigenvalue weighted by molar-refractivity contribution is 7.91. The molecule has 0 unspecified atom stereocenters. The maximum atomic E-state index is 13.9. The highest BCUT2D eigenvalue weighted by Gasteiger charge is 2.39. The Morgan fingerprint density at radius 2 is 1.96 bits per heavy atom. The molecule has 2 aliphatic rings. The third kappa shape index (κ3) is 2.46. The van der Waals surface area contributed by atoms with E-state index in [2.05, 4.69) is 20.8 Å². The van der Waals surface area contributed by atoms with Crippen molar-refractivity contribution in [2.75, 3.05) is 11.1 Å². The fourth-order valence-corrected chi connectivity index (χ4v) is 5.32. The van der Waals surface area contributed by atoms with Gasteiger partial charge in [0.1, 0.15) is 11.9 Å². The molecular formula is C17H11ClFN5O2S. The third-order valence-corrected chi connectivity index (χ3v) is 6.67. The van der Waals surface area contributed by atoms with E-state index in [4.69, 9.17) is 11.6 Å². The van der Waals surface area contributed by atoms with Crippen molar-refractivity contribution in [2.24, 2.45) is 0 Å². The maximum absolute atomic E-state index is 13.9. The summed E-state index contributed by atoms with van der Waals surface area (Å²) in [6.45, 7) is 0. The van der Waals surface area contributed by atoms with E-state index in [9.17, 15) is 12.8 Å². The van der Waals surface area contributed by atoms with Crippen molar-refractivity contribution in [3.8, 4) is 0 Å². The van der Waals surface area contributed by atoms with Crippen molar-refractivity contribution in [1.29, 1.82) is 0 Å². The van der Waals surface area contributed by atoms with Crippen molar-refractivity contribution in [2.45, 2.75) is 10.9 Å². The molecule has 1 aromatic heterocycles. The molecule has 2 aromatic carbocycles. The standard InChI is InChI=1S/C17H11ClFN5O2S/c18-10-3-1-9(2-4-10)16-13-8-27(25,26)14-6-5-11(19)7-12(14)15(13)20-17-21-22-23-24(16)17/h1-7,16H,8H2,(H,20,21,23)/t16-/m0/s1. The minimum atomic E-state index is -3.64. The largest absolute Gasteiger partial charge is 0.322 e. The van der Waals surface area contributed by atoms with Crippen LogP contribution >= 0.6 is 11.6 Å². The Balaban J connectivity index is 1.80. The van der Waals surface area contributed by atoms with E-state index in [0.717, 1.165) is 11.6 Å². The molecule has 0 amide bonds. The number of anilines is 1. The molecule has 3 aromatic rings. The summed E-state index contributed by atoms with van der Waals surface area (Å²) in [6, 6.07) is 10.1. The Kier molecular flexibility index (Phi) is 3.40. The number of rotatable bonds is 1. The van der Waals surface area contributed by atoms with Gasteiger partial charge in [-0.2, -0.15) is 4.68 Å². The first-order chi connectivity index (χ1) is 12.9. The Bertz CT molecular complexity index is 1220. The maximum Gasteiger partial charge on any atom is 0.248 e. The van der Waals surface area contributed by atoms with Gasteiger partial charge in [0, 0.05) is 10.6 Å². The summed E-state index contributed by atoms with van der Waals surface area (Å²) in [5.41, 5.74) is 2.12. The zero-order valence-electron chi connectivity index (χ0n) is 13.6. The molecule has 0 aliphatic carbocycles. The molecule has 3 heterocycles. The topological polar surface area (TPSA) is 89.8 Å². The zero-order valence-corrected chi connectivity index (χ0v) is 15.2. The number of aromatic nitrogens is 4. The van der Waals surface area contributed by atoms with Gasteiger partial charge in [-0.3, -0.25) is 0 Å². The summed E-state index contributed by atoms with van der Waals surface area (Å²) in [7, 11) is -3.64. The van der Waals surface area contributed by atoms with Gasteiger partial charge in [-0.15, -0.1) is 0 Å². The number of tetrazole rings is 1.